The van der Waals surface area contributed by atoms with Crippen LogP contribution in [-0.2, 0) is 6.18 Å². The van der Waals surface area contributed by atoms with Gasteiger partial charge in [0.2, 0.25) is 5.88 Å². The maximum atomic E-state index is 12.4. The van der Waals surface area contributed by atoms with E-state index < -0.39 is 17.3 Å². The SMILES string of the molecule is CCC(C)(C)C(C)(C)Oc1ccc(C(F)(F)F)cn1. The number of halogens is 3. The van der Waals surface area contributed by atoms with Crippen LogP contribution in [0.5, 0.6) is 5.88 Å². The molecule has 1 heterocycles. The van der Waals surface area contributed by atoms with E-state index in [0.29, 0.717) is 0 Å². The van der Waals surface area contributed by atoms with Gasteiger partial charge < -0.3 is 4.74 Å². The second kappa shape index (κ2) is 5.02. The van der Waals surface area contributed by atoms with Crippen LogP contribution in [0.4, 0.5) is 13.2 Å². The van der Waals surface area contributed by atoms with Crippen molar-refractivity contribution in [1.82, 2.24) is 4.98 Å². The van der Waals surface area contributed by atoms with Gasteiger partial charge in [-0.2, -0.15) is 13.2 Å². The summed E-state index contributed by atoms with van der Waals surface area (Å²) in [6.45, 7) is 9.98. The van der Waals surface area contributed by atoms with Crippen molar-refractivity contribution in [1.29, 1.82) is 0 Å². The Hall–Kier alpha value is -1.26. The number of hydrogen-bond acceptors (Lipinski definition) is 2. The summed E-state index contributed by atoms with van der Waals surface area (Å²) in [6, 6.07) is 2.24. The van der Waals surface area contributed by atoms with Crippen molar-refractivity contribution in [3.63, 3.8) is 0 Å². The monoisotopic (exact) mass is 275 g/mol. The Bertz CT molecular complexity index is 421. The number of nitrogens with zero attached hydrogens (tertiary/aromatic N) is 1. The van der Waals surface area contributed by atoms with Crippen molar-refractivity contribution < 1.29 is 17.9 Å². The first-order valence-corrected chi connectivity index (χ1v) is 6.22. The Morgan fingerprint density at radius 1 is 1.11 bits per heavy atom. The molecule has 0 unspecified atom stereocenters. The third kappa shape index (κ3) is 3.61. The molecule has 0 spiro atoms. The van der Waals surface area contributed by atoms with Gasteiger partial charge >= 0.3 is 6.18 Å². The van der Waals surface area contributed by atoms with E-state index in [1.807, 2.05) is 20.8 Å². The fraction of sp³-hybridized carbons (Fsp3) is 0.643. The summed E-state index contributed by atoms with van der Waals surface area (Å²) in [5.74, 6) is 0.208. The van der Waals surface area contributed by atoms with Gasteiger partial charge in [-0.25, -0.2) is 4.98 Å². The van der Waals surface area contributed by atoms with Crippen LogP contribution in [-0.4, -0.2) is 10.6 Å². The highest BCUT2D eigenvalue weighted by Gasteiger charge is 2.38. The summed E-state index contributed by atoms with van der Waals surface area (Å²) in [5.41, 5.74) is -1.40. The van der Waals surface area contributed by atoms with Crippen LogP contribution in [0.15, 0.2) is 18.3 Å². The fourth-order valence-electron chi connectivity index (χ4n) is 1.43. The van der Waals surface area contributed by atoms with Gasteiger partial charge in [-0.3, -0.25) is 0 Å². The van der Waals surface area contributed by atoms with Crippen molar-refractivity contribution in [2.75, 3.05) is 0 Å². The molecular formula is C14H20F3NO. The van der Waals surface area contributed by atoms with Gasteiger partial charge in [0.25, 0.3) is 0 Å². The quantitative estimate of drug-likeness (QED) is 0.795. The van der Waals surface area contributed by atoms with E-state index in [4.69, 9.17) is 4.74 Å². The largest absolute Gasteiger partial charge is 0.471 e. The number of rotatable bonds is 4. The lowest BCUT2D eigenvalue weighted by molar-refractivity contribution is -0.137. The van der Waals surface area contributed by atoms with Crippen LogP contribution in [0, 0.1) is 5.41 Å². The van der Waals surface area contributed by atoms with E-state index in [9.17, 15) is 13.2 Å². The minimum absolute atomic E-state index is 0.114. The molecule has 19 heavy (non-hydrogen) atoms. The second-order valence-corrected chi connectivity index (χ2v) is 5.73. The summed E-state index contributed by atoms with van der Waals surface area (Å²) in [6.07, 6.45) is -2.69. The van der Waals surface area contributed by atoms with Gasteiger partial charge in [-0.05, 0) is 26.3 Å². The zero-order valence-corrected chi connectivity index (χ0v) is 11.9. The van der Waals surface area contributed by atoms with Crippen LogP contribution in [0.25, 0.3) is 0 Å². The zero-order chi connectivity index (χ0) is 14.9. The molecule has 0 atom stereocenters. The van der Waals surface area contributed by atoms with Gasteiger partial charge in [0.15, 0.2) is 0 Å². The highest BCUT2D eigenvalue weighted by Crippen LogP contribution is 2.37. The summed E-state index contributed by atoms with van der Waals surface area (Å²) >= 11 is 0. The molecular weight excluding hydrogens is 255 g/mol. The van der Waals surface area contributed by atoms with E-state index in [-0.39, 0.29) is 11.3 Å². The molecule has 1 aromatic rings. The molecule has 0 aliphatic rings. The Kier molecular flexibility index (Phi) is 4.17. The first kappa shape index (κ1) is 15.8. The molecule has 0 fully saturated rings. The second-order valence-electron chi connectivity index (χ2n) is 5.73. The average molecular weight is 275 g/mol. The van der Waals surface area contributed by atoms with E-state index in [2.05, 4.69) is 18.8 Å². The van der Waals surface area contributed by atoms with Crippen LogP contribution in [0.2, 0.25) is 0 Å². The van der Waals surface area contributed by atoms with Gasteiger partial charge in [-0.15, -0.1) is 0 Å². The van der Waals surface area contributed by atoms with Crippen LogP contribution >= 0.6 is 0 Å². The summed E-state index contributed by atoms with van der Waals surface area (Å²) in [5, 5.41) is 0. The zero-order valence-electron chi connectivity index (χ0n) is 11.9. The summed E-state index contributed by atoms with van der Waals surface area (Å²) in [7, 11) is 0. The Morgan fingerprint density at radius 2 is 1.68 bits per heavy atom. The highest BCUT2D eigenvalue weighted by molar-refractivity contribution is 5.20. The average Bonchev–Trinajstić information content (AvgIpc) is 2.27. The molecule has 1 aromatic heterocycles. The number of pyridine rings is 1. The van der Waals surface area contributed by atoms with Crippen molar-refractivity contribution in [2.45, 2.75) is 52.8 Å². The molecule has 1 rings (SSSR count). The third-order valence-electron chi connectivity index (χ3n) is 3.94. The number of hydrogen-bond donors (Lipinski definition) is 0. The molecule has 0 aliphatic heterocycles. The predicted octanol–water partition coefficient (Wildman–Crippen LogP) is 4.69. The molecule has 0 saturated carbocycles. The Labute approximate surface area is 112 Å². The lowest BCUT2D eigenvalue weighted by Gasteiger charge is -2.40. The molecule has 2 nitrogen and oxygen atoms in total. The van der Waals surface area contributed by atoms with Crippen LogP contribution < -0.4 is 4.74 Å². The lowest BCUT2D eigenvalue weighted by Crippen LogP contribution is -2.44. The molecule has 5 heteroatoms. The number of aromatic nitrogens is 1. The topological polar surface area (TPSA) is 22.1 Å². The van der Waals surface area contributed by atoms with E-state index in [1.54, 1.807) is 0 Å². The molecule has 0 aliphatic carbocycles. The van der Waals surface area contributed by atoms with Crippen LogP contribution in [0.1, 0.15) is 46.6 Å². The number of ether oxygens (including phenoxy) is 1. The molecule has 0 saturated heterocycles. The molecule has 0 aromatic carbocycles. The minimum atomic E-state index is -4.37. The Morgan fingerprint density at radius 3 is 2.05 bits per heavy atom. The molecule has 0 amide bonds. The smallest absolute Gasteiger partial charge is 0.417 e. The maximum absolute atomic E-state index is 12.4. The lowest BCUT2D eigenvalue weighted by atomic mass is 9.75. The van der Waals surface area contributed by atoms with Gasteiger partial charge in [0.05, 0.1) is 5.56 Å². The molecule has 108 valence electrons. The molecule has 0 radical (unpaired) electrons. The number of alkyl halides is 3. The van der Waals surface area contributed by atoms with E-state index in [0.717, 1.165) is 18.7 Å². The first-order valence-electron chi connectivity index (χ1n) is 6.22. The third-order valence-corrected chi connectivity index (χ3v) is 3.94. The first-order chi connectivity index (χ1) is 8.49. The minimum Gasteiger partial charge on any atom is -0.471 e. The van der Waals surface area contributed by atoms with Gasteiger partial charge in [0.1, 0.15) is 5.60 Å². The fourth-order valence-corrected chi connectivity index (χ4v) is 1.43. The van der Waals surface area contributed by atoms with Crippen molar-refractivity contribution in [2.24, 2.45) is 5.41 Å². The summed E-state index contributed by atoms with van der Waals surface area (Å²) in [4.78, 5) is 3.74. The Balaban J connectivity index is 2.90. The normalized spacial score (nSPS) is 13.5. The van der Waals surface area contributed by atoms with Crippen molar-refractivity contribution in [3.8, 4) is 5.88 Å². The predicted molar refractivity (Wildman–Crippen MR) is 68.0 cm³/mol. The van der Waals surface area contributed by atoms with Gasteiger partial charge in [0, 0.05) is 17.7 Å². The van der Waals surface area contributed by atoms with Crippen molar-refractivity contribution in [3.05, 3.63) is 23.9 Å². The van der Waals surface area contributed by atoms with Crippen molar-refractivity contribution >= 4 is 0 Å². The van der Waals surface area contributed by atoms with Gasteiger partial charge in [-0.1, -0.05) is 20.8 Å². The highest BCUT2D eigenvalue weighted by atomic mass is 19.4. The summed E-state index contributed by atoms with van der Waals surface area (Å²) < 4.78 is 43.0. The standard InChI is InChI=1S/C14H20F3NO/c1-6-12(2,3)13(4,5)19-11-8-7-10(9-18-11)14(15,16)17/h7-9H,6H2,1-5H3. The molecule has 0 N–H and O–H groups in total. The van der Waals surface area contributed by atoms with Crippen LogP contribution in [0.3, 0.4) is 0 Å². The van der Waals surface area contributed by atoms with E-state index in [1.165, 1.54) is 6.07 Å². The maximum Gasteiger partial charge on any atom is 0.417 e. The molecule has 0 bridgehead atoms. The van der Waals surface area contributed by atoms with E-state index >= 15 is 0 Å².